The highest BCUT2D eigenvalue weighted by molar-refractivity contribution is 6.10. The van der Waals surface area contributed by atoms with Crippen LogP contribution in [-0.4, -0.2) is 22.2 Å². The van der Waals surface area contributed by atoms with Gasteiger partial charge in [-0.25, -0.2) is 4.79 Å². The molecule has 1 heterocycles. The van der Waals surface area contributed by atoms with Gasteiger partial charge in [-0.15, -0.1) is 0 Å². The number of rotatable bonds is 5. The number of carbonyl (C=O) groups excluding carboxylic acids is 1. The van der Waals surface area contributed by atoms with E-state index in [9.17, 15) is 14.9 Å². The lowest BCUT2D eigenvalue weighted by atomic mass is 9.74. The Morgan fingerprint density at radius 2 is 1.52 bits per heavy atom. The topological polar surface area (TPSA) is 91.0 Å². The van der Waals surface area contributed by atoms with Gasteiger partial charge in [-0.2, -0.15) is 0 Å². The van der Waals surface area contributed by atoms with Gasteiger partial charge in [0.05, 0.1) is 10.5 Å². The summed E-state index contributed by atoms with van der Waals surface area (Å²) in [5, 5.41) is 15.3. The maximum atomic E-state index is 13.2. The molecule has 7 nitrogen and oxygen atoms in total. The quantitative estimate of drug-likeness (QED) is 0.336. The van der Waals surface area contributed by atoms with E-state index < -0.39 is 22.1 Å². The summed E-state index contributed by atoms with van der Waals surface area (Å²) >= 11 is 0. The summed E-state index contributed by atoms with van der Waals surface area (Å²) in [5.74, 6) is -0.638. The van der Waals surface area contributed by atoms with Crippen LogP contribution in [0.5, 0.6) is 0 Å². The number of nitro benzene ring substituents is 1. The van der Waals surface area contributed by atoms with E-state index in [1.165, 1.54) is 24.3 Å². The Hall–Kier alpha value is -4.00. The molecule has 1 aliphatic rings. The number of oxime groups is 1. The highest BCUT2D eigenvalue weighted by Gasteiger charge is 2.61. The standard InChI is InChI=1S/C24H20N2O5/c1-23(2)24(19-11-7-4-8-12-19,21(25-31-23)17-9-5-3-6-10-17)30-22(27)18-13-15-20(16-14-18)26(28)29/h3-16H,1-2H3/t24-/m0/s1. The van der Waals surface area contributed by atoms with Crippen LogP contribution in [0.1, 0.15) is 35.3 Å². The largest absolute Gasteiger partial charge is 0.439 e. The van der Waals surface area contributed by atoms with Gasteiger partial charge in [0.15, 0.2) is 5.60 Å². The van der Waals surface area contributed by atoms with E-state index in [0.717, 1.165) is 5.56 Å². The zero-order chi connectivity index (χ0) is 22.1. The first-order chi connectivity index (χ1) is 14.8. The summed E-state index contributed by atoms with van der Waals surface area (Å²) in [5.41, 5.74) is -0.338. The molecule has 0 fully saturated rings. The van der Waals surface area contributed by atoms with E-state index in [4.69, 9.17) is 9.57 Å². The minimum absolute atomic E-state index is 0.106. The number of hydrogen-bond donors (Lipinski definition) is 0. The van der Waals surface area contributed by atoms with Gasteiger partial charge < -0.3 is 9.57 Å². The molecule has 1 atom stereocenters. The zero-order valence-corrected chi connectivity index (χ0v) is 17.0. The Labute approximate surface area is 179 Å². The molecule has 0 unspecified atom stereocenters. The molecule has 0 aromatic heterocycles. The van der Waals surface area contributed by atoms with E-state index in [2.05, 4.69) is 5.16 Å². The van der Waals surface area contributed by atoms with Crippen LogP contribution in [0.15, 0.2) is 90.1 Å². The number of hydrogen-bond acceptors (Lipinski definition) is 6. The van der Waals surface area contributed by atoms with Gasteiger partial charge in [-0.3, -0.25) is 10.1 Å². The van der Waals surface area contributed by atoms with Crippen LogP contribution in [0.25, 0.3) is 0 Å². The van der Waals surface area contributed by atoms with Crippen LogP contribution in [0.4, 0.5) is 5.69 Å². The van der Waals surface area contributed by atoms with E-state index in [1.54, 1.807) is 0 Å². The average molecular weight is 416 g/mol. The Balaban J connectivity index is 1.83. The second kappa shape index (κ2) is 7.68. The molecular formula is C24H20N2O5. The van der Waals surface area contributed by atoms with Crippen LogP contribution in [0, 0.1) is 10.1 Å². The molecule has 3 aromatic carbocycles. The number of ether oxygens (including phenoxy) is 1. The normalized spacial score (nSPS) is 19.2. The Bertz CT molecular complexity index is 1140. The summed E-state index contributed by atoms with van der Waals surface area (Å²) in [6, 6.07) is 24.0. The van der Waals surface area contributed by atoms with Crippen molar-refractivity contribution in [3.63, 3.8) is 0 Å². The first-order valence-corrected chi connectivity index (χ1v) is 9.70. The second-order valence-corrected chi connectivity index (χ2v) is 7.65. The number of nitrogens with zero attached hydrogens (tertiary/aromatic N) is 2. The van der Waals surface area contributed by atoms with Crippen molar-refractivity contribution in [3.05, 3.63) is 112 Å². The summed E-state index contributed by atoms with van der Waals surface area (Å²) in [6.07, 6.45) is 0. The van der Waals surface area contributed by atoms with E-state index in [1.807, 2.05) is 74.5 Å². The molecule has 3 aromatic rings. The van der Waals surface area contributed by atoms with Gasteiger partial charge in [0.25, 0.3) is 5.69 Å². The van der Waals surface area contributed by atoms with E-state index in [-0.39, 0.29) is 11.3 Å². The average Bonchev–Trinajstić information content (AvgIpc) is 3.06. The molecule has 1 aliphatic heterocycles. The third-order valence-electron chi connectivity index (χ3n) is 5.33. The van der Waals surface area contributed by atoms with Crippen molar-refractivity contribution in [1.82, 2.24) is 0 Å². The number of esters is 1. The highest BCUT2D eigenvalue weighted by atomic mass is 16.7. The second-order valence-electron chi connectivity index (χ2n) is 7.65. The fourth-order valence-corrected chi connectivity index (χ4v) is 3.73. The van der Waals surface area contributed by atoms with Crippen LogP contribution < -0.4 is 0 Å². The molecule has 4 rings (SSSR count). The van der Waals surface area contributed by atoms with Gasteiger partial charge in [0.2, 0.25) is 5.60 Å². The highest BCUT2D eigenvalue weighted by Crippen LogP contribution is 2.47. The van der Waals surface area contributed by atoms with Crippen molar-refractivity contribution in [3.8, 4) is 0 Å². The van der Waals surface area contributed by atoms with Gasteiger partial charge in [-0.05, 0) is 26.0 Å². The van der Waals surface area contributed by atoms with Crippen molar-refractivity contribution in [2.24, 2.45) is 5.16 Å². The summed E-state index contributed by atoms with van der Waals surface area (Å²) in [7, 11) is 0. The van der Waals surface area contributed by atoms with E-state index >= 15 is 0 Å². The molecule has 0 spiro atoms. The third-order valence-corrected chi connectivity index (χ3v) is 5.33. The maximum absolute atomic E-state index is 13.2. The van der Waals surface area contributed by atoms with Crippen LogP contribution in [0.3, 0.4) is 0 Å². The Kier molecular flexibility index (Phi) is 5.02. The lowest BCUT2D eigenvalue weighted by Gasteiger charge is -2.39. The van der Waals surface area contributed by atoms with Gasteiger partial charge >= 0.3 is 5.97 Å². The molecule has 0 radical (unpaired) electrons. The lowest BCUT2D eigenvalue weighted by Crippen LogP contribution is -2.53. The van der Waals surface area contributed by atoms with Gasteiger partial charge in [0.1, 0.15) is 5.71 Å². The van der Waals surface area contributed by atoms with Gasteiger partial charge in [-0.1, -0.05) is 65.8 Å². The van der Waals surface area contributed by atoms with Crippen molar-refractivity contribution >= 4 is 17.4 Å². The molecular weight excluding hydrogens is 396 g/mol. The summed E-state index contributed by atoms with van der Waals surface area (Å²) in [4.78, 5) is 29.4. The molecule has 31 heavy (non-hydrogen) atoms. The molecule has 0 bridgehead atoms. The van der Waals surface area contributed by atoms with Crippen molar-refractivity contribution < 1.29 is 19.3 Å². The summed E-state index contributed by atoms with van der Waals surface area (Å²) < 4.78 is 6.19. The van der Waals surface area contributed by atoms with Gasteiger partial charge in [0, 0.05) is 23.3 Å². The maximum Gasteiger partial charge on any atom is 0.339 e. The Morgan fingerprint density at radius 1 is 0.935 bits per heavy atom. The van der Waals surface area contributed by atoms with Crippen molar-refractivity contribution in [1.29, 1.82) is 0 Å². The lowest BCUT2D eigenvalue weighted by molar-refractivity contribution is -0.384. The van der Waals surface area contributed by atoms with Crippen molar-refractivity contribution in [2.75, 3.05) is 0 Å². The van der Waals surface area contributed by atoms with E-state index in [0.29, 0.717) is 11.3 Å². The molecule has 7 heteroatoms. The first kappa shape index (κ1) is 20.3. The molecule has 0 N–H and O–H groups in total. The number of non-ortho nitro benzene ring substituents is 1. The van der Waals surface area contributed by atoms with Crippen LogP contribution in [-0.2, 0) is 15.2 Å². The number of nitro groups is 1. The number of benzene rings is 3. The van der Waals surface area contributed by atoms with Crippen LogP contribution in [0.2, 0.25) is 0 Å². The predicted octanol–water partition coefficient (Wildman–Crippen LogP) is 4.86. The fraction of sp³-hybridized carbons (Fsp3) is 0.167. The fourth-order valence-electron chi connectivity index (χ4n) is 3.73. The first-order valence-electron chi connectivity index (χ1n) is 9.70. The smallest absolute Gasteiger partial charge is 0.339 e. The molecule has 156 valence electrons. The monoisotopic (exact) mass is 416 g/mol. The molecule has 0 saturated carbocycles. The molecule has 0 saturated heterocycles. The summed E-state index contributed by atoms with van der Waals surface area (Å²) in [6.45, 7) is 3.62. The molecule has 0 amide bonds. The van der Waals surface area contributed by atoms with Crippen LogP contribution >= 0.6 is 0 Å². The minimum atomic E-state index is -1.34. The number of carbonyl (C=O) groups is 1. The predicted molar refractivity (Wildman–Crippen MR) is 115 cm³/mol. The van der Waals surface area contributed by atoms with Crippen molar-refractivity contribution in [2.45, 2.75) is 25.0 Å². The molecule has 0 aliphatic carbocycles. The Morgan fingerprint density at radius 3 is 2.10 bits per heavy atom. The third kappa shape index (κ3) is 3.44. The zero-order valence-electron chi connectivity index (χ0n) is 17.0. The SMILES string of the molecule is CC1(C)ON=C(c2ccccc2)[C@@]1(OC(=O)c1ccc([N+](=O)[O-])cc1)c1ccccc1. The minimum Gasteiger partial charge on any atom is -0.439 e.